The fourth-order valence-electron chi connectivity index (χ4n) is 2.51. The average molecular weight is 388 g/mol. The van der Waals surface area contributed by atoms with Crippen LogP contribution >= 0.6 is 0 Å². The highest BCUT2D eigenvalue weighted by atomic mass is 32.2. The summed E-state index contributed by atoms with van der Waals surface area (Å²) >= 11 is 0. The number of carbonyl (C=O) groups is 2. The van der Waals surface area contributed by atoms with Crippen LogP contribution in [0.3, 0.4) is 0 Å². The quantitative estimate of drug-likeness (QED) is 0.642. The maximum absolute atomic E-state index is 12.2. The molecule has 1 fully saturated rings. The zero-order valence-electron chi connectivity index (χ0n) is 14.5. The van der Waals surface area contributed by atoms with Crippen molar-refractivity contribution in [3.05, 3.63) is 59.7 Å². The standard InChI is InChI=1S/C19H20N2O5S/c22-18(11-13-3-5-15(6-4-13)19(23)24)21-16-7-9-17(10-8-16)27(25,26)20-12-14-1-2-14/h3-10,14,20H,1-2,11-12H2,(H,21,22)(H,23,24). The minimum Gasteiger partial charge on any atom is -0.478 e. The van der Waals surface area contributed by atoms with Gasteiger partial charge in [0.05, 0.1) is 16.9 Å². The van der Waals surface area contributed by atoms with E-state index in [9.17, 15) is 18.0 Å². The molecule has 0 spiro atoms. The van der Waals surface area contributed by atoms with E-state index in [0.717, 1.165) is 12.8 Å². The highest BCUT2D eigenvalue weighted by Crippen LogP contribution is 2.28. The van der Waals surface area contributed by atoms with Crippen molar-refractivity contribution in [1.29, 1.82) is 0 Å². The van der Waals surface area contributed by atoms with Gasteiger partial charge in [-0.25, -0.2) is 17.9 Å². The summed E-state index contributed by atoms with van der Waals surface area (Å²) in [6.45, 7) is 0.460. The third-order valence-electron chi connectivity index (χ3n) is 4.27. The molecule has 2 aromatic carbocycles. The van der Waals surface area contributed by atoms with Crippen LogP contribution in [0.1, 0.15) is 28.8 Å². The molecule has 3 N–H and O–H groups in total. The smallest absolute Gasteiger partial charge is 0.335 e. The first-order chi connectivity index (χ1) is 12.8. The van der Waals surface area contributed by atoms with Gasteiger partial charge in [0, 0.05) is 12.2 Å². The van der Waals surface area contributed by atoms with Crippen LogP contribution in [0.2, 0.25) is 0 Å². The number of rotatable bonds is 8. The lowest BCUT2D eigenvalue weighted by Crippen LogP contribution is -2.25. The molecule has 2 aromatic rings. The second-order valence-electron chi connectivity index (χ2n) is 6.55. The van der Waals surface area contributed by atoms with Gasteiger partial charge in [-0.3, -0.25) is 4.79 Å². The Kier molecular flexibility index (Phi) is 5.57. The Morgan fingerprint density at radius 3 is 2.19 bits per heavy atom. The zero-order chi connectivity index (χ0) is 19.4. The Hall–Kier alpha value is -2.71. The summed E-state index contributed by atoms with van der Waals surface area (Å²) in [5.74, 6) is -0.851. The third kappa shape index (κ3) is 5.38. The van der Waals surface area contributed by atoms with Crippen molar-refractivity contribution in [1.82, 2.24) is 4.72 Å². The predicted octanol–water partition coefficient (Wildman–Crippen LogP) is 2.25. The number of carboxylic acid groups (broad SMARTS) is 1. The van der Waals surface area contributed by atoms with Crippen molar-refractivity contribution in [2.45, 2.75) is 24.2 Å². The van der Waals surface area contributed by atoms with Crippen molar-refractivity contribution in [3.8, 4) is 0 Å². The van der Waals surface area contributed by atoms with Crippen LogP contribution in [0, 0.1) is 5.92 Å². The van der Waals surface area contributed by atoms with Crippen molar-refractivity contribution in [3.63, 3.8) is 0 Å². The second-order valence-corrected chi connectivity index (χ2v) is 8.31. The van der Waals surface area contributed by atoms with E-state index in [1.165, 1.54) is 36.4 Å². The molecule has 0 heterocycles. The van der Waals surface area contributed by atoms with Crippen molar-refractivity contribution in [2.75, 3.05) is 11.9 Å². The van der Waals surface area contributed by atoms with E-state index in [4.69, 9.17) is 5.11 Å². The lowest BCUT2D eigenvalue weighted by Gasteiger charge is -2.08. The molecule has 1 amide bonds. The zero-order valence-corrected chi connectivity index (χ0v) is 15.3. The SMILES string of the molecule is O=C(Cc1ccc(C(=O)O)cc1)Nc1ccc(S(=O)(=O)NCC2CC2)cc1. The molecule has 0 unspecified atom stereocenters. The molecule has 27 heavy (non-hydrogen) atoms. The minimum absolute atomic E-state index is 0.0862. The van der Waals surface area contributed by atoms with Gasteiger partial charge in [0.15, 0.2) is 0 Å². The Morgan fingerprint density at radius 1 is 1.00 bits per heavy atom. The molecule has 0 aliphatic heterocycles. The molecular weight excluding hydrogens is 368 g/mol. The van der Waals surface area contributed by atoms with Gasteiger partial charge in [0.1, 0.15) is 0 Å². The summed E-state index contributed by atoms with van der Waals surface area (Å²) in [6.07, 6.45) is 2.21. The monoisotopic (exact) mass is 388 g/mol. The number of carboxylic acids is 1. The number of hydrogen-bond donors (Lipinski definition) is 3. The number of aromatic carboxylic acids is 1. The summed E-state index contributed by atoms with van der Waals surface area (Å²) in [4.78, 5) is 23.1. The third-order valence-corrected chi connectivity index (χ3v) is 5.71. The number of sulfonamides is 1. The van der Waals surface area contributed by atoms with Gasteiger partial charge in [-0.2, -0.15) is 0 Å². The maximum atomic E-state index is 12.2. The lowest BCUT2D eigenvalue weighted by atomic mass is 10.1. The number of anilines is 1. The summed E-state index contributed by atoms with van der Waals surface area (Å²) in [5.41, 5.74) is 1.33. The first-order valence-electron chi connectivity index (χ1n) is 8.55. The predicted molar refractivity (Wildman–Crippen MR) is 100 cm³/mol. The van der Waals surface area contributed by atoms with Crippen LogP contribution in [-0.2, 0) is 21.2 Å². The molecule has 1 saturated carbocycles. The molecule has 8 heteroatoms. The largest absolute Gasteiger partial charge is 0.478 e. The molecule has 1 aliphatic rings. The highest BCUT2D eigenvalue weighted by molar-refractivity contribution is 7.89. The van der Waals surface area contributed by atoms with Crippen molar-refractivity contribution >= 4 is 27.6 Å². The lowest BCUT2D eigenvalue weighted by molar-refractivity contribution is -0.115. The maximum Gasteiger partial charge on any atom is 0.335 e. The van der Waals surface area contributed by atoms with Gasteiger partial charge in [0.2, 0.25) is 15.9 Å². The van der Waals surface area contributed by atoms with Crippen LogP contribution in [-0.4, -0.2) is 31.9 Å². The molecule has 7 nitrogen and oxygen atoms in total. The second kappa shape index (κ2) is 7.89. The molecular formula is C19H20N2O5S. The molecule has 0 atom stereocenters. The normalized spacial score (nSPS) is 13.9. The molecule has 142 valence electrons. The van der Waals surface area contributed by atoms with Gasteiger partial charge < -0.3 is 10.4 Å². The number of nitrogens with one attached hydrogen (secondary N) is 2. The van der Waals surface area contributed by atoms with Crippen molar-refractivity contribution < 1.29 is 23.1 Å². The topological polar surface area (TPSA) is 113 Å². The first-order valence-corrected chi connectivity index (χ1v) is 10.0. The van der Waals surface area contributed by atoms with Crippen LogP contribution < -0.4 is 10.0 Å². The fraction of sp³-hybridized carbons (Fsp3) is 0.263. The van der Waals surface area contributed by atoms with Crippen molar-refractivity contribution in [2.24, 2.45) is 5.92 Å². The Balaban J connectivity index is 1.56. The van der Waals surface area contributed by atoms with E-state index in [1.54, 1.807) is 12.1 Å². The number of carbonyl (C=O) groups excluding carboxylic acids is 1. The van der Waals surface area contributed by atoms with E-state index >= 15 is 0 Å². The Bertz CT molecular complexity index is 933. The Labute approximate surface area is 157 Å². The van der Waals surface area contributed by atoms with Gasteiger partial charge >= 0.3 is 5.97 Å². The summed E-state index contributed by atoms with van der Waals surface area (Å²) in [6, 6.07) is 12.0. The van der Waals surface area contributed by atoms with Gasteiger partial charge in [-0.1, -0.05) is 12.1 Å². The summed E-state index contributed by atoms with van der Waals surface area (Å²) < 4.78 is 26.9. The van der Waals surface area contributed by atoms with Crippen LogP contribution in [0.15, 0.2) is 53.4 Å². The number of benzene rings is 2. The molecule has 0 radical (unpaired) electrons. The van der Waals surface area contributed by atoms with Gasteiger partial charge in [0.25, 0.3) is 0 Å². The van der Waals surface area contributed by atoms with E-state index in [2.05, 4.69) is 10.0 Å². The van der Waals surface area contributed by atoms with Crippen LogP contribution in [0.25, 0.3) is 0 Å². The van der Waals surface area contributed by atoms with E-state index in [-0.39, 0.29) is 22.8 Å². The van der Waals surface area contributed by atoms with Gasteiger partial charge in [-0.15, -0.1) is 0 Å². The molecule has 0 bridgehead atoms. The Morgan fingerprint density at radius 2 is 1.63 bits per heavy atom. The molecule has 0 saturated heterocycles. The minimum atomic E-state index is -3.53. The van der Waals surface area contributed by atoms with E-state index in [1.807, 2.05) is 0 Å². The van der Waals surface area contributed by atoms with Gasteiger partial charge in [-0.05, 0) is 60.7 Å². The molecule has 0 aromatic heterocycles. The average Bonchev–Trinajstić information content (AvgIpc) is 3.45. The molecule has 1 aliphatic carbocycles. The number of amides is 1. The van der Waals surface area contributed by atoms with E-state index in [0.29, 0.717) is 23.7 Å². The van der Waals surface area contributed by atoms with Crippen LogP contribution in [0.4, 0.5) is 5.69 Å². The summed E-state index contributed by atoms with van der Waals surface area (Å²) in [7, 11) is -3.53. The van der Waals surface area contributed by atoms with Crippen LogP contribution in [0.5, 0.6) is 0 Å². The highest BCUT2D eigenvalue weighted by Gasteiger charge is 2.24. The summed E-state index contributed by atoms with van der Waals surface area (Å²) in [5, 5.41) is 11.6. The first kappa shape index (κ1) is 19.1. The van der Waals surface area contributed by atoms with E-state index < -0.39 is 16.0 Å². The fourth-order valence-corrected chi connectivity index (χ4v) is 3.62. The number of hydrogen-bond acceptors (Lipinski definition) is 4. The molecule has 3 rings (SSSR count).